The highest BCUT2D eigenvalue weighted by Crippen LogP contribution is 2.27. The van der Waals surface area contributed by atoms with Crippen molar-refractivity contribution in [3.05, 3.63) is 35.3 Å². The molecule has 1 N–H and O–H groups in total. The molecule has 2 aliphatic rings. The van der Waals surface area contributed by atoms with Crippen molar-refractivity contribution in [3.63, 3.8) is 0 Å². The van der Waals surface area contributed by atoms with Crippen LogP contribution in [0.5, 0.6) is 0 Å². The topological polar surface area (TPSA) is 12.0 Å². The first-order valence-corrected chi connectivity index (χ1v) is 4.26. The Kier molecular flexibility index (Phi) is 1.75. The maximum atomic E-state index is 13.3. The molecule has 1 heterocycles. The predicted octanol–water partition coefficient (Wildman–Crippen LogP) is 2.44. The molecular weight excluding hydrogens is 153 g/mol. The van der Waals surface area contributed by atoms with Crippen LogP contribution in [-0.2, 0) is 0 Å². The van der Waals surface area contributed by atoms with Gasteiger partial charge in [0.2, 0.25) is 0 Å². The van der Waals surface area contributed by atoms with Gasteiger partial charge in [0.1, 0.15) is 5.83 Å². The molecule has 2 rings (SSSR count). The number of fused-ring (bicyclic) bond motifs is 1. The second-order valence-electron chi connectivity index (χ2n) is 3.30. The first-order chi connectivity index (χ1) is 5.77. The number of nitrogens with one attached hydrogen (secondary N) is 1. The van der Waals surface area contributed by atoms with Gasteiger partial charge in [0.05, 0.1) is 6.04 Å². The van der Waals surface area contributed by atoms with Crippen molar-refractivity contribution in [1.82, 2.24) is 5.32 Å². The summed E-state index contributed by atoms with van der Waals surface area (Å²) in [5, 5.41) is 3.24. The summed E-state index contributed by atoms with van der Waals surface area (Å²) < 4.78 is 13.3. The minimum absolute atomic E-state index is 0.0121. The Bertz CT molecular complexity index is 286. The van der Waals surface area contributed by atoms with E-state index in [0.717, 1.165) is 17.7 Å². The molecule has 1 aliphatic heterocycles. The lowest BCUT2D eigenvalue weighted by Gasteiger charge is -2.10. The highest BCUT2D eigenvalue weighted by Gasteiger charge is 2.22. The Labute approximate surface area is 71.7 Å². The molecule has 0 bridgehead atoms. The van der Waals surface area contributed by atoms with Crippen molar-refractivity contribution in [3.8, 4) is 0 Å². The molecule has 0 spiro atoms. The van der Waals surface area contributed by atoms with Gasteiger partial charge in [-0.15, -0.1) is 0 Å². The fourth-order valence-electron chi connectivity index (χ4n) is 1.72. The maximum absolute atomic E-state index is 13.3. The molecule has 1 nitrogen and oxygen atoms in total. The van der Waals surface area contributed by atoms with Gasteiger partial charge >= 0.3 is 0 Å². The van der Waals surface area contributed by atoms with E-state index in [4.69, 9.17) is 0 Å². The summed E-state index contributed by atoms with van der Waals surface area (Å²) >= 11 is 0. The van der Waals surface area contributed by atoms with Crippen LogP contribution in [-0.4, -0.2) is 6.04 Å². The molecule has 2 heteroatoms. The Morgan fingerprint density at radius 2 is 2.33 bits per heavy atom. The van der Waals surface area contributed by atoms with Crippen LogP contribution in [0.3, 0.4) is 0 Å². The van der Waals surface area contributed by atoms with Crippen LogP contribution >= 0.6 is 0 Å². The van der Waals surface area contributed by atoms with Gasteiger partial charge in [-0.1, -0.05) is 12.2 Å². The molecule has 0 fully saturated rings. The van der Waals surface area contributed by atoms with E-state index >= 15 is 0 Å². The van der Waals surface area contributed by atoms with Gasteiger partial charge < -0.3 is 5.32 Å². The van der Waals surface area contributed by atoms with Crippen LogP contribution in [0, 0.1) is 0 Å². The van der Waals surface area contributed by atoms with E-state index in [-0.39, 0.29) is 11.9 Å². The van der Waals surface area contributed by atoms with Gasteiger partial charge in [0.15, 0.2) is 0 Å². The number of hydrogen-bond acceptors (Lipinski definition) is 1. The third-order valence-electron chi connectivity index (χ3n) is 2.30. The maximum Gasteiger partial charge on any atom is 0.109 e. The third-order valence-corrected chi connectivity index (χ3v) is 2.30. The van der Waals surface area contributed by atoms with Gasteiger partial charge in [0.25, 0.3) is 0 Å². The van der Waals surface area contributed by atoms with E-state index in [2.05, 4.69) is 5.32 Å². The monoisotopic (exact) mass is 165 g/mol. The predicted molar refractivity (Wildman–Crippen MR) is 47.2 cm³/mol. The Balaban J connectivity index is 2.35. The van der Waals surface area contributed by atoms with Crippen molar-refractivity contribution >= 4 is 0 Å². The van der Waals surface area contributed by atoms with Gasteiger partial charge in [-0.25, -0.2) is 4.39 Å². The van der Waals surface area contributed by atoms with Crippen LogP contribution in [0.15, 0.2) is 35.3 Å². The normalized spacial score (nSPS) is 27.8. The molecule has 0 saturated heterocycles. The molecule has 0 aromatic rings. The summed E-state index contributed by atoms with van der Waals surface area (Å²) in [6, 6.07) is 0.184. The number of allylic oxidation sites excluding steroid dienone is 3. The van der Waals surface area contributed by atoms with Gasteiger partial charge in [0, 0.05) is 17.7 Å². The van der Waals surface area contributed by atoms with Crippen molar-refractivity contribution in [2.75, 3.05) is 0 Å². The van der Waals surface area contributed by atoms with E-state index < -0.39 is 0 Å². The number of halogens is 1. The standard InChI is InChI=1S/C10H12FN/c1-7-6-8-9(11)4-2-3-5-10(8)12-7/h2-3,6,10,12H,4-5H2,1H3. The summed E-state index contributed by atoms with van der Waals surface area (Å²) in [4.78, 5) is 0. The van der Waals surface area contributed by atoms with E-state index in [1.165, 1.54) is 0 Å². The first kappa shape index (κ1) is 7.59. The largest absolute Gasteiger partial charge is 0.381 e. The smallest absolute Gasteiger partial charge is 0.109 e. The second-order valence-corrected chi connectivity index (χ2v) is 3.30. The summed E-state index contributed by atoms with van der Waals surface area (Å²) in [6.45, 7) is 1.97. The molecule has 0 aromatic carbocycles. The van der Waals surface area contributed by atoms with Crippen LogP contribution in [0.4, 0.5) is 4.39 Å². The lowest BCUT2D eigenvalue weighted by molar-refractivity contribution is 0.589. The summed E-state index contributed by atoms with van der Waals surface area (Å²) in [5.74, 6) is 0.0121. The van der Waals surface area contributed by atoms with Crippen LogP contribution in [0.1, 0.15) is 19.8 Å². The van der Waals surface area contributed by atoms with Crippen LogP contribution < -0.4 is 5.32 Å². The van der Waals surface area contributed by atoms with Crippen molar-refractivity contribution in [1.29, 1.82) is 0 Å². The average molecular weight is 165 g/mol. The van der Waals surface area contributed by atoms with Crippen molar-refractivity contribution in [2.24, 2.45) is 0 Å². The van der Waals surface area contributed by atoms with E-state index in [0.29, 0.717) is 6.42 Å². The number of rotatable bonds is 0. The van der Waals surface area contributed by atoms with Crippen molar-refractivity contribution in [2.45, 2.75) is 25.8 Å². The molecule has 1 unspecified atom stereocenters. The molecule has 1 aliphatic carbocycles. The Morgan fingerprint density at radius 1 is 1.50 bits per heavy atom. The minimum Gasteiger partial charge on any atom is -0.381 e. The molecular formula is C10H12FN. The van der Waals surface area contributed by atoms with Gasteiger partial charge in [-0.3, -0.25) is 0 Å². The highest BCUT2D eigenvalue weighted by atomic mass is 19.1. The van der Waals surface area contributed by atoms with E-state index in [9.17, 15) is 4.39 Å². The minimum atomic E-state index is 0.0121. The van der Waals surface area contributed by atoms with Gasteiger partial charge in [-0.05, 0) is 19.4 Å². The number of hydrogen-bond donors (Lipinski definition) is 1. The third kappa shape index (κ3) is 1.17. The highest BCUT2D eigenvalue weighted by molar-refractivity contribution is 5.38. The zero-order valence-corrected chi connectivity index (χ0v) is 7.10. The van der Waals surface area contributed by atoms with E-state index in [1.807, 2.05) is 25.2 Å². The lowest BCUT2D eigenvalue weighted by atomic mass is 10.1. The zero-order chi connectivity index (χ0) is 8.55. The average Bonchev–Trinajstić information content (AvgIpc) is 2.33. The fourth-order valence-corrected chi connectivity index (χ4v) is 1.72. The van der Waals surface area contributed by atoms with Crippen LogP contribution in [0.2, 0.25) is 0 Å². The summed E-state index contributed by atoms with van der Waals surface area (Å²) in [5.41, 5.74) is 1.91. The fraction of sp³-hybridized carbons (Fsp3) is 0.400. The molecule has 64 valence electrons. The quantitative estimate of drug-likeness (QED) is 0.543. The molecule has 12 heavy (non-hydrogen) atoms. The molecule has 1 atom stereocenters. The second kappa shape index (κ2) is 2.77. The Morgan fingerprint density at radius 3 is 3.17 bits per heavy atom. The van der Waals surface area contributed by atoms with Crippen molar-refractivity contribution < 1.29 is 4.39 Å². The van der Waals surface area contributed by atoms with Gasteiger partial charge in [-0.2, -0.15) is 0 Å². The van der Waals surface area contributed by atoms with Crippen LogP contribution in [0.25, 0.3) is 0 Å². The first-order valence-electron chi connectivity index (χ1n) is 4.26. The molecule has 0 aromatic heterocycles. The van der Waals surface area contributed by atoms with E-state index in [1.54, 1.807) is 0 Å². The summed E-state index contributed by atoms with van der Waals surface area (Å²) in [7, 11) is 0. The molecule has 0 saturated carbocycles. The molecule has 0 radical (unpaired) electrons. The summed E-state index contributed by atoms with van der Waals surface area (Å²) in [6.07, 6.45) is 7.20. The zero-order valence-electron chi connectivity index (χ0n) is 7.10. The lowest BCUT2D eigenvalue weighted by Crippen LogP contribution is -2.22. The SMILES string of the molecule is CC1=CC2=C(F)CC=CCC2N1. The molecule has 0 amide bonds. The Hall–Kier alpha value is -1.05.